The number of oxazole rings is 1. The van der Waals surface area contributed by atoms with Crippen LogP contribution in [0.1, 0.15) is 32.1 Å². The van der Waals surface area contributed by atoms with E-state index in [0.29, 0.717) is 22.9 Å². The van der Waals surface area contributed by atoms with E-state index in [0.717, 1.165) is 31.3 Å². The Morgan fingerprint density at radius 1 is 1.48 bits per heavy atom. The van der Waals surface area contributed by atoms with Crippen LogP contribution in [0.2, 0.25) is 0 Å². The Morgan fingerprint density at radius 3 is 2.95 bits per heavy atom. The highest BCUT2D eigenvalue weighted by Crippen LogP contribution is 2.23. The number of fused-ring (bicyclic) bond motifs is 1. The van der Waals surface area contributed by atoms with E-state index in [4.69, 9.17) is 10.2 Å². The predicted molar refractivity (Wildman–Crippen MR) is 84.4 cm³/mol. The summed E-state index contributed by atoms with van der Waals surface area (Å²) in [7, 11) is 0. The van der Waals surface area contributed by atoms with Crippen LogP contribution in [0.4, 0.5) is 10.1 Å². The molecule has 0 spiro atoms. The van der Waals surface area contributed by atoms with Gasteiger partial charge in [0.25, 0.3) is 0 Å². The average molecular weight is 288 g/mol. The van der Waals surface area contributed by atoms with E-state index in [9.17, 15) is 4.39 Å². The van der Waals surface area contributed by atoms with E-state index in [1.54, 1.807) is 6.08 Å². The minimum absolute atomic E-state index is 0.0960. The molecule has 3 nitrogen and oxygen atoms in total. The highest BCUT2D eigenvalue weighted by atomic mass is 19.1. The molecule has 0 aliphatic heterocycles. The summed E-state index contributed by atoms with van der Waals surface area (Å²) in [6, 6.07) is 2.80. The van der Waals surface area contributed by atoms with Gasteiger partial charge in [0.2, 0.25) is 0 Å². The topological polar surface area (TPSA) is 52.0 Å². The van der Waals surface area contributed by atoms with Gasteiger partial charge in [0, 0.05) is 12.5 Å². The van der Waals surface area contributed by atoms with Crippen LogP contribution < -0.4 is 5.73 Å². The van der Waals surface area contributed by atoms with Gasteiger partial charge in [-0.2, -0.15) is 0 Å². The van der Waals surface area contributed by atoms with Crippen LogP contribution in [0.3, 0.4) is 0 Å². The monoisotopic (exact) mass is 288 g/mol. The summed E-state index contributed by atoms with van der Waals surface area (Å²) >= 11 is 0. The van der Waals surface area contributed by atoms with Crippen LogP contribution in [-0.2, 0) is 6.42 Å². The van der Waals surface area contributed by atoms with Gasteiger partial charge in [-0.15, -0.1) is 0 Å². The van der Waals surface area contributed by atoms with Gasteiger partial charge in [-0.3, -0.25) is 0 Å². The number of rotatable bonds is 7. The van der Waals surface area contributed by atoms with Crippen molar-refractivity contribution in [2.45, 2.75) is 32.6 Å². The number of hydrogen-bond donors (Lipinski definition) is 1. The first-order chi connectivity index (χ1) is 9.99. The smallest absolute Gasteiger partial charge is 0.195 e. The molecule has 2 N–H and O–H groups in total. The molecular formula is C17H21FN2O. The van der Waals surface area contributed by atoms with Gasteiger partial charge in [0.05, 0.1) is 5.69 Å². The van der Waals surface area contributed by atoms with Crippen molar-refractivity contribution in [3.8, 4) is 0 Å². The van der Waals surface area contributed by atoms with Crippen LogP contribution in [0.5, 0.6) is 0 Å². The van der Waals surface area contributed by atoms with E-state index < -0.39 is 5.82 Å². The van der Waals surface area contributed by atoms with Crippen molar-refractivity contribution in [1.29, 1.82) is 0 Å². The molecule has 1 aromatic carbocycles. The minimum Gasteiger partial charge on any atom is -0.441 e. The third-order valence-corrected chi connectivity index (χ3v) is 3.65. The zero-order chi connectivity index (χ0) is 15.4. The van der Waals surface area contributed by atoms with Gasteiger partial charge >= 0.3 is 0 Å². The van der Waals surface area contributed by atoms with Gasteiger partial charge < -0.3 is 10.2 Å². The molecule has 0 radical (unpaired) electrons. The largest absolute Gasteiger partial charge is 0.441 e. The fourth-order valence-electron chi connectivity index (χ4n) is 2.17. The number of aromatic nitrogens is 1. The zero-order valence-electron chi connectivity index (χ0n) is 12.4. The molecule has 0 amide bonds. The summed E-state index contributed by atoms with van der Waals surface area (Å²) in [6.45, 7) is 9.81. The minimum atomic E-state index is -0.471. The average Bonchev–Trinajstić information content (AvgIpc) is 2.84. The van der Waals surface area contributed by atoms with E-state index in [2.05, 4.69) is 25.1 Å². The molecule has 1 atom stereocenters. The molecule has 1 unspecified atom stereocenters. The first kappa shape index (κ1) is 15.3. The molecule has 1 heterocycles. The lowest BCUT2D eigenvalue weighted by molar-refractivity contribution is 0.447. The van der Waals surface area contributed by atoms with Gasteiger partial charge in [-0.25, -0.2) is 9.37 Å². The van der Waals surface area contributed by atoms with Crippen LogP contribution in [0.15, 0.2) is 41.4 Å². The summed E-state index contributed by atoms with van der Waals surface area (Å²) in [6.07, 6.45) is 5.52. The molecular weight excluding hydrogens is 267 g/mol. The fraction of sp³-hybridized carbons (Fsp3) is 0.353. The van der Waals surface area contributed by atoms with Crippen molar-refractivity contribution in [3.05, 3.63) is 48.6 Å². The Balaban J connectivity index is 1.94. The molecule has 0 saturated heterocycles. The molecule has 0 fully saturated rings. The van der Waals surface area contributed by atoms with Crippen molar-refractivity contribution in [3.63, 3.8) is 0 Å². The van der Waals surface area contributed by atoms with E-state index >= 15 is 0 Å². The molecule has 0 aliphatic rings. The van der Waals surface area contributed by atoms with Gasteiger partial charge in [0.15, 0.2) is 11.5 Å². The number of halogens is 1. The molecule has 21 heavy (non-hydrogen) atoms. The number of anilines is 1. The molecule has 0 aliphatic carbocycles. The second-order valence-corrected chi connectivity index (χ2v) is 5.49. The first-order valence-electron chi connectivity index (χ1n) is 7.14. The lowest BCUT2D eigenvalue weighted by Crippen LogP contribution is -1.98. The van der Waals surface area contributed by atoms with E-state index in [-0.39, 0.29) is 5.69 Å². The number of hydrogen-bond acceptors (Lipinski definition) is 3. The number of allylic oxidation sites excluding steroid dienone is 2. The van der Waals surface area contributed by atoms with Crippen LogP contribution in [0.25, 0.3) is 11.1 Å². The number of benzene rings is 1. The molecule has 0 saturated carbocycles. The summed E-state index contributed by atoms with van der Waals surface area (Å²) in [4.78, 5) is 4.35. The van der Waals surface area contributed by atoms with Crippen LogP contribution >= 0.6 is 0 Å². The Kier molecular flexibility index (Phi) is 4.78. The Morgan fingerprint density at radius 2 is 2.24 bits per heavy atom. The second-order valence-electron chi connectivity index (χ2n) is 5.49. The van der Waals surface area contributed by atoms with Crippen LogP contribution in [-0.4, -0.2) is 4.98 Å². The maximum absolute atomic E-state index is 13.4. The molecule has 4 heteroatoms. The Labute approximate surface area is 124 Å². The highest BCUT2D eigenvalue weighted by molar-refractivity contribution is 5.77. The van der Waals surface area contributed by atoms with Gasteiger partial charge in [-0.05, 0) is 31.2 Å². The molecule has 2 rings (SSSR count). The van der Waals surface area contributed by atoms with Crippen molar-refractivity contribution in [2.75, 3.05) is 5.73 Å². The molecule has 112 valence electrons. The highest BCUT2D eigenvalue weighted by Gasteiger charge is 2.11. The maximum Gasteiger partial charge on any atom is 0.195 e. The second kappa shape index (κ2) is 6.57. The predicted octanol–water partition coefficient (Wildman–Crippen LogP) is 4.64. The van der Waals surface area contributed by atoms with E-state index in [1.807, 2.05) is 0 Å². The third-order valence-electron chi connectivity index (χ3n) is 3.65. The van der Waals surface area contributed by atoms with Crippen molar-refractivity contribution < 1.29 is 8.81 Å². The third kappa shape index (κ3) is 3.94. The lowest BCUT2D eigenvalue weighted by Gasteiger charge is -2.09. The number of nitrogens with zero attached hydrogens (tertiary/aromatic N) is 1. The Hall–Kier alpha value is -2.10. The first-order valence-corrected chi connectivity index (χ1v) is 7.14. The van der Waals surface area contributed by atoms with Gasteiger partial charge in [-0.1, -0.05) is 31.7 Å². The number of nitrogen functional groups attached to an aromatic ring is 1. The summed E-state index contributed by atoms with van der Waals surface area (Å²) in [5.74, 6) is 0.699. The summed E-state index contributed by atoms with van der Waals surface area (Å²) in [5.41, 5.74) is 7.74. The summed E-state index contributed by atoms with van der Waals surface area (Å²) in [5, 5.41) is 0. The quantitative estimate of drug-likeness (QED) is 0.596. The number of nitrogens with two attached hydrogens (primary N) is 1. The van der Waals surface area contributed by atoms with Crippen LogP contribution in [0, 0.1) is 11.7 Å². The van der Waals surface area contributed by atoms with Crippen molar-refractivity contribution >= 4 is 16.8 Å². The normalized spacial score (nSPS) is 12.5. The zero-order valence-corrected chi connectivity index (χ0v) is 12.4. The SMILES string of the molecule is C=CC(=C)CCC(C)CCc1nc2cc(N)c(F)cc2o1. The standard InChI is InChI=1S/C17H21FN2O/c1-4-11(2)5-6-12(3)7-8-17-20-15-10-14(19)13(18)9-16(15)21-17/h4,9-10,12H,1-2,5-8,19H2,3H3. The Bertz CT molecular complexity index is 621. The molecule has 1 aromatic heterocycles. The van der Waals surface area contributed by atoms with Crippen molar-refractivity contribution in [1.82, 2.24) is 4.98 Å². The van der Waals surface area contributed by atoms with Gasteiger partial charge in [0.1, 0.15) is 11.3 Å². The lowest BCUT2D eigenvalue weighted by atomic mass is 9.97. The summed E-state index contributed by atoms with van der Waals surface area (Å²) < 4.78 is 18.9. The molecule has 0 bridgehead atoms. The maximum atomic E-state index is 13.4. The van der Waals surface area contributed by atoms with E-state index in [1.165, 1.54) is 12.1 Å². The van der Waals surface area contributed by atoms with Crippen molar-refractivity contribution in [2.24, 2.45) is 5.92 Å². The molecule has 2 aromatic rings. The fourth-order valence-corrected chi connectivity index (χ4v) is 2.17. The number of aryl methyl sites for hydroxylation is 1.